The summed E-state index contributed by atoms with van der Waals surface area (Å²) in [6.45, 7) is 0. The Bertz CT molecular complexity index is 918. The lowest BCUT2D eigenvalue weighted by Gasteiger charge is -2.07. The molecule has 0 aliphatic carbocycles. The summed E-state index contributed by atoms with van der Waals surface area (Å²) in [7, 11) is 0. The molecule has 0 bridgehead atoms. The van der Waals surface area contributed by atoms with Gasteiger partial charge in [0.15, 0.2) is 5.78 Å². The van der Waals surface area contributed by atoms with Crippen molar-refractivity contribution >= 4 is 34.3 Å². The Hall–Kier alpha value is -2.54. The molecule has 0 heterocycles. The zero-order chi connectivity index (χ0) is 17.8. The van der Waals surface area contributed by atoms with Crippen molar-refractivity contribution < 1.29 is 18.7 Å². The summed E-state index contributed by atoms with van der Waals surface area (Å²) in [5.74, 6) is -0.729. The van der Waals surface area contributed by atoms with E-state index < -0.39 is 11.8 Å². The smallest absolute Gasteiger partial charge is 0.344 e. The molecule has 0 atom stereocenters. The number of carbonyl (C=O) groups is 2. The molecule has 0 spiro atoms. The van der Waals surface area contributed by atoms with E-state index in [0.717, 1.165) is 3.57 Å². The first-order valence-corrected chi connectivity index (χ1v) is 8.49. The third-order valence-corrected chi connectivity index (χ3v) is 4.47. The lowest BCUT2D eigenvalue weighted by atomic mass is 10.0. The zero-order valence-electron chi connectivity index (χ0n) is 12.9. The molecular weight excluding hydrogens is 434 g/mol. The fourth-order valence-electron chi connectivity index (χ4n) is 2.23. The molecule has 0 N–H and O–H groups in total. The van der Waals surface area contributed by atoms with Gasteiger partial charge in [0.25, 0.3) is 0 Å². The maximum Gasteiger partial charge on any atom is 0.344 e. The minimum absolute atomic E-state index is 0.226. The number of esters is 1. The summed E-state index contributed by atoms with van der Waals surface area (Å²) >= 11 is 2.07. The first-order valence-electron chi connectivity index (χ1n) is 7.41. The molecule has 0 saturated carbocycles. The van der Waals surface area contributed by atoms with Gasteiger partial charge >= 0.3 is 5.97 Å². The van der Waals surface area contributed by atoms with Gasteiger partial charge in [-0.1, -0.05) is 12.1 Å². The van der Waals surface area contributed by atoms with Crippen LogP contribution in [-0.4, -0.2) is 11.8 Å². The highest BCUT2D eigenvalue weighted by molar-refractivity contribution is 14.1. The summed E-state index contributed by atoms with van der Waals surface area (Å²) in [5.41, 5.74) is 1.31. The molecule has 124 valence electrons. The fraction of sp³-hybridized carbons (Fsp3) is 0. The van der Waals surface area contributed by atoms with Gasteiger partial charge in [-0.3, -0.25) is 4.79 Å². The SMILES string of the molecule is O=C(c1ccc(F)cc1)c1ccc(OC(=O)c2ccccc2I)cc1. The topological polar surface area (TPSA) is 43.4 Å². The molecular formula is C20H12FIO3. The van der Waals surface area contributed by atoms with E-state index in [9.17, 15) is 14.0 Å². The van der Waals surface area contributed by atoms with Crippen molar-refractivity contribution in [2.24, 2.45) is 0 Å². The van der Waals surface area contributed by atoms with Crippen LogP contribution in [0.3, 0.4) is 0 Å². The second-order valence-electron chi connectivity index (χ2n) is 5.23. The molecule has 0 fully saturated rings. The Morgan fingerprint density at radius 1 is 0.800 bits per heavy atom. The van der Waals surface area contributed by atoms with Gasteiger partial charge in [0, 0.05) is 14.7 Å². The van der Waals surface area contributed by atoms with Gasteiger partial charge in [-0.25, -0.2) is 9.18 Å². The van der Waals surface area contributed by atoms with E-state index in [1.807, 2.05) is 12.1 Å². The third kappa shape index (κ3) is 4.11. The van der Waals surface area contributed by atoms with Gasteiger partial charge < -0.3 is 4.74 Å². The van der Waals surface area contributed by atoms with Crippen LogP contribution in [0.25, 0.3) is 0 Å². The Labute approximate surface area is 157 Å². The molecule has 0 amide bonds. The molecule has 3 rings (SSSR count). The number of ether oxygens (including phenoxy) is 1. The number of ketones is 1. The molecule has 0 saturated heterocycles. The van der Waals surface area contributed by atoms with E-state index in [1.165, 1.54) is 24.3 Å². The van der Waals surface area contributed by atoms with E-state index in [-0.39, 0.29) is 5.78 Å². The molecule has 0 aliphatic heterocycles. The zero-order valence-corrected chi connectivity index (χ0v) is 15.1. The fourth-order valence-corrected chi connectivity index (χ4v) is 2.84. The molecule has 5 heteroatoms. The van der Waals surface area contributed by atoms with Crippen molar-refractivity contribution in [3.63, 3.8) is 0 Å². The standard InChI is InChI=1S/C20H12FIO3/c21-15-9-5-13(6-10-15)19(23)14-7-11-16(12-8-14)25-20(24)17-3-1-2-4-18(17)22/h1-12H. The maximum atomic E-state index is 12.9. The van der Waals surface area contributed by atoms with Crippen LogP contribution < -0.4 is 4.74 Å². The molecule has 3 aromatic carbocycles. The van der Waals surface area contributed by atoms with Crippen molar-refractivity contribution in [1.82, 2.24) is 0 Å². The van der Waals surface area contributed by atoms with Crippen LogP contribution in [0.1, 0.15) is 26.3 Å². The number of halogens is 2. The molecule has 3 nitrogen and oxygen atoms in total. The molecule has 0 unspecified atom stereocenters. The average molecular weight is 446 g/mol. The quantitative estimate of drug-likeness (QED) is 0.248. The van der Waals surface area contributed by atoms with Crippen molar-refractivity contribution in [3.05, 3.63) is 98.9 Å². The predicted octanol–water partition coefficient (Wildman–Crippen LogP) is 4.88. The van der Waals surface area contributed by atoms with Gasteiger partial charge in [-0.15, -0.1) is 0 Å². The summed E-state index contributed by atoms with van der Waals surface area (Å²) in [6, 6.07) is 18.7. The van der Waals surface area contributed by atoms with Gasteiger partial charge in [-0.2, -0.15) is 0 Å². The van der Waals surface area contributed by atoms with Gasteiger partial charge in [0.2, 0.25) is 0 Å². The monoisotopic (exact) mass is 446 g/mol. The summed E-state index contributed by atoms with van der Waals surface area (Å²) in [5, 5.41) is 0. The van der Waals surface area contributed by atoms with Crippen molar-refractivity contribution in [1.29, 1.82) is 0 Å². The van der Waals surface area contributed by atoms with Crippen LogP contribution in [0.15, 0.2) is 72.8 Å². The normalized spacial score (nSPS) is 10.3. The Kier molecular flexibility index (Phi) is 5.23. The van der Waals surface area contributed by atoms with Crippen LogP contribution >= 0.6 is 22.6 Å². The van der Waals surface area contributed by atoms with Gasteiger partial charge in [0.1, 0.15) is 11.6 Å². The first kappa shape index (κ1) is 17.3. The van der Waals surface area contributed by atoms with Crippen LogP contribution in [-0.2, 0) is 0 Å². The Morgan fingerprint density at radius 3 is 1.96 bits per heavy atom. The lowest BCUT2D eigenvalue weighted by Crippen LogP contribution is -2.10. The largest absolute Gasteiger partial charge is 0.423 e. The Morgan fingerprint density at radius 2 is 1.36 bits per heavy atom. The Balaban J connectivity index is 1.74. The molecule has 0 aliphatic rings. The van der Waals surface area contributed by atoms with E-state index in [2.05, 4.69) is 22.6 Å². The second-order valence-corrected chi connectivity index (χ2v) is 6.39. The predicted molar refractivity (Wildman–Crippen MR) is 100 cm³/mol. The molecule has 0 radical (unpaired) electrons. The summed E-state index contributed by atoms with van der Waals surface area (Å²) in [4.78, 5) is 24.5. The molecule has 3 aromatic rings. The van der Waals surface area contributed by atoms with Crippen LogP contribution in [0.4, 0.5) is 4.39 Å². The van der Waals surface area contributed by atoms with Gasteiger partial charge in [-0.05, 0) is 83.3 Å². The number of rotatable bonds is 4. The number of benzene rings is 3. The number of hydrogen-bond acceptors (Lipinski definition) is 3. The van der Waals surface area contributed by atoms with Crippen molar-refractivity contribution in [2.75, 3.05) is 0 Å². The third-order valence-electron chi connectivity index (χ3n) is 3.53. The minimum Gasteiger partial charge on any atom is -0.423 e. The van der Waals surface area contributed by atoms with E-state index in [0.29, 0.717) is 22.4 Å². The van der Waals surface area contributed by atoms with Gasteiger partial charge in [0.05, 0.1) is 5.56 Å². The van der Waals surface area contributed by atoms with E-state index in [1.54, 1.807) is 36.4 Å². The van der Waals surface area contributed by atoms with Crippen molar-refractivity contribution in [2.45, 2.75) is 0 Å². The first-order chi connectivity index (χ1) is 12.0. The molecule has 0 aromatic heterocycles. The lowest BCUT2D eigenvalue weighted by molar-refractivity contribution is 0.0733. The van der Waals surface area contributed by atoms with Crippen LogP contribution in [0.2, 0.25) is 0 Å². The highest BCUT2D eigenvalue weighted by Crippen LogP contribution is 2.19. The second kappa shape index (κ2) is 7.57. The number of carbonyl (C=O) groups excluding carboxylic acids is 2. The molecule has 25 heavy (non-hydrogen) atoms. The van der Waals surface area contributed by atoms with Crippen LogP contribution in [0.5, 0.6) is 5.75 Å². The summed E-state index contributed by atoms with van der Waals surface area (Å²) < 4.78 is 19.1. The van der Waals surface area contributed by atoms with Crippen LogP contribution in [0, 0.1) is 9.39 Å². The van der Waals surface area contributed by atoms with E-state index >= 15 is 0 Å². The summed E-state index contributed by atoms with van der Waals surface area (Å²) in [6.07, 6.45) is 0. The highest BCUT2D eigenvalue weighted by Gasteiger charge is 2.13. The minimum atomic E-state index is -0.456. The average Bonchev–Trinajstić information content (AvgIpc) is 2.63. The van der Waals surface area contributed by atoms with Crippen molar-refractivity contribution in [3.8, 4) is 5.75 Å². The number of hydrogen-bond donors (Lipinski definition) is 0. The maximum absolute atomic E-state index is 12.9. The van der Waals surface area contributed by atoms with E-state index in [4.69, 9.17) is 4.74 Å². The highest BCUT2D eigenvalue weighted by atomic mass is 127.